The van der Waals surface area contributed by atoms with E-state index in [0.29, 0.717) is 113 Å². The van der Waals surface area contributed by atoms with E-state index < -0.39 is 40.5 Å². The van der Waals surface area contributed by atoms with Crippen LogP contribution in [-0.4, -0.2) is 180 Å². The lowest BCUT2D eigenvalue weighted by molar-refractivity contribution is -0.385. The highest BCUT2D eigenvalue weighted by atomic mass is 16.6. The number of nitro groups is 1. The van der Waals surface area contributed by atoms with E-state index in [1.807, 2.05) is 73.4 Å². The number of carbonyl (C=O) groups excluding carboxylic acids is 4. The minimum Gasteiger partial charge on any atom is -0.390 e. The second kappa shape index (κ2) is 36.4. The van der Waals surface area contributed by atoms with E-state index in [1.165, 1.54) is 49.2 Å². The molecule has 0 radical (unpaired) electrons. The van der Waals surface area contributed by atoms with Crippen LogP contribution in [0.5, 0.6) is 0 Å². The molecule has 4 N–H and O–H groups in total. The van der Waals surface area contributed by atoms with E-state index in [0.717, 1.165) is 224 Å². The van der Waals surface area contributed by atoms with Gasteiger partial charge in [0.1, 0.15) is 43.7 Å². The quantitative estimate of drug-likeness (QED) is 0.0445. The predicted molar refractivity (Wildman–Crippen MR) is 491 cm³/mol. The van der Waals surface area contributed by atoms with Crippen molar-refractivity contribution in [3.8, 4) is 0 Å². The summed E-state index contributed by atoms with van der Waals surface area (Å²) >= 11 is 0. The van der Waals surface area contributed by atoms with Crippen LogP contribution in [-0.2, 0) is 64.3 Å². The molecule has 722 valence electrons. The Morgan fingerprint density at radius 1 is 0.438 bits per heavy atom. The van der Waals surface area contributed by atoms with Crippen LogP contribution in [0, 0.1) is 193 Å². The van der Waals surface area contributed by atoms with Crippen LogP contribution in [0.15, 0.2) is 31.0 Å². The third kappa shape index (κ3) is 17.1. The molecule has 16 fully saturated rings. The fourth-order valence-electron chi connectivity index (χ4n) is 35.9. The van der Waals surface area contributed by atoms with Gasteiger partial charge in [0.05, 0.1) is 74.9 Å². The molecule has 16 aliphatic rings. The van der Waals surface area contributed by atoms with Gasteiger partial charge in [-0.2, -0.15) is 20.1 Å². The first-order chi connectivity index (χ1) is 62.5. The van der Waals surface area contributed by atoms with Gasteiger partial charge in [0, 0.05) is 64.5 Å². The number of ether oxygens (including phenoxy) is 4. The van der Waals surface area contributed by atoms with Crippen molar-refractivity contribution in [2.45, 2.75) is 356 Å². The summed E-state index contributed by atoms with van der Waals surface area (Å²) in [6.45, 7) is 24.8. The van der Waals surface area contributed by atoms with E-state index in [2.05, 4.69) is 63.5 Å². The Hall–Kier alpha value is -5.61. The van der Waals surface area contributed by atoms with Crippen molar-refractivity contribution in [1.29, 1.82) is 0 Å². The molecule has 16 saturated carbocycles. The van der Waals surface area contributed by atoms with Gasteiger partial charge in [-0.15, -0.1) is 5.10 Å². The smallest absolute Gasteiger partial charge is 0.307 e. The summed E-state index contributed by atoms with van der Waals surface area (Å²) in [5.74, 6) is 11.6. The third-order valence-corrected chi connectivity index (χ3v) is 41.8. The second-order valence-electron chi connectivity index (χ2n) is 48.4. The van der Waals surface area contributed by atoms with Crippen LogP contribution in [0.4, 0.5) is 5.69 Å². The molecule has 0 saturated heterocycles. The molecule has 0 bridgehead atoms. The van der Waals surface area contributed by atoms with Gasteiger partial charge in [-0.3, -0.25) is 34.0 Å². The lowest BCUT2D eigenvalue weighted by Gasteiger charge is -2.62. The molecule has 20 rings (SSSR count). The molecular formula is C104H162N12O14. The second-order valence-corrected chi connectivity index (χ2v) is 48.4. The summed E-state index contributed by atoms with van der Waals surface area (Å²) in [4.78, 5) is 70.0. The number of rotatable bonds is 21. The van der Waals surface area contributed by atoms with Crippen LogP contribution in [0.1, 0.15) is 307 Å². The zero-order valence-electron chi connectivity index (χ0n) is 83.5. The van der Waals surface area contributed by atoms with E-state index in [4.69, 9.17) is 21.7 Å². The third-order valence-electron chi connectivity index (χ3n) is 41.8. The first-order valence-corrected chi connectivity index (χ1v) is 51.1. The molecule has 0 aliphatic heterocycles. The molecule has 4 heterocycles. The highest BCUT2D eigenvalue weighted by Crippen LogP contribution is 2.74. The summed E-state index contributed by atoms with van der Waals surface area (Å²) in [6, 6.07) is 0. The minimum atomic E-state index is -0.628. The Labute approximate surface area is 776 Å². The van der Waals surface area contributed by atoms with Crippen LogP contribution >= 0.6 is 0 Å². The molecule has 130 heavy (non-hydrogen) atoms. The van der Waals surface area contributed by atoms with Gasteiger partial charge in [-0.1, -0.05) is 27.7 Å². The number of nitrogens with zero attached hydrogens (tertiary/aromatic N) is 12. The number of hydrogen-bond donors (Lipinski definition) is 4. The molecule has 2 unspecified atom stereocenters. The Morgan fingerprint density at radius 3 is 1.15 bits per heavy atom. The van der Waals surface area contributed by atoms with Crippen molar-refractivity contribution in [2.24, 2.45) is 162 Å². The lowest BCUT2D eigenvalue weighted by Crippen LogP contribution is -2.58. The molecule has 0 spiro atoms. The maximum atomic E-state index is 13.5. The summed E-state index contributed by atoms with van der Waals surface area (Å²) in [5, 5.41) is 78.5. The number of carbonyl (C=O) groups is 4. The van der Waals surface area contributed by atoms with Crippen LogP contribution in [0.2, 0.25) is 0 Å². The maximum Gasteiger partial charge on any atom is 0.307 e. The fraction of sp³-hybridized carbons (Fsp3) is 0.875. The van der Waals surface area contributed by atoms with Crippen molar-refractivity contribution in [2.75, 3.05) is 54.8 Å². The molecule has 26 nitrogen and oxygen atoms in total. The average Bonchev–Trinajstić information content (AvgIpc) is 1.40. The van der Waals surface area contributed by atoms with Crippen LogP contribution < -0.4 is 0 Å². The predicted octanol–water partition coefficient (Wildman–Crippen LogP) is 17.0. The summed E-state index contributed by atoms with van der Waals surface area (Å²) < 4.78 is 46.2. The summed E-state index contributed by atoms with van der Waals surface area (Å²) in [5.41, 5.74) is -1.38. The van der Waals surface area contributed by atoms with E-state index >= 15 is 0 Å². The Balaban J connectivity index is 0.000000123. The molecule has 0 amide bonds. The maximum absolute atomic E-state index is 13.5. The van der Waals surface area contributed by atoms with Crippen molar-refractivity contribution in [3.05, 3.63) is 58.4 Å². The van der Waals surface area contributed by atoms with Gasteiger partial charge >= 0.3 is 5.69 Å². The number of hydrogen-bond acceptors (Lipinski definition) is 21. The van der Waals surface area contributed by atoms with Crippen molar-refractivity contribution >= 4 is 28.8 Å². The Kier molecular flexibility index (Phi) is 26.1. The first kappa shape index (κ1) is 93.4. The minimum absolute atomic E-state index is 0.00936. The highest BCUT2D eigenvalue weighted by Gasteiger charge is 2.69. The topological polar surface area (TPSA) is 339 Å². The summed E-state index contributed by atoms with van der Waals surface area (Å²) in [7, 11) is 7.04. The van der Waals surface area contributed by atoms with Gasteiger partial charge in [0.15, 0.2) is 23.1 Å². The molecule has 0 aromatic carbocycles. The van der Waals surface area contributed by atoms with E-state index in [9.17, 15) is 49.7 Å². The molecule has 26 heteroatoms. The molecule has 4 aromatic heterocycles. The number of ketones is 4. The standard InChI is InChI=1S/C27H42N2O3.C26H39N3O5.C26H41N3O3.C25H40N4O3/c1-18-28-13-14-29(18)16-24(30)23-8-7-21-20-6-5-19-15-25(2,31)11-12-27(19,17-32-4)22(20)9-10-26(21,23)3;1-24(31)10-11-26(16-34-3)17(12-24)4-5-19-20-6-7-22(25(20,2)9-8-21(19)26)23(30)15-28-14-18(13-27-28)29(32)33;1-17-14-27-29(28-17)15-23(30)22-8-7-20-19-6-5-18-13-24(2,31)11-12-26(18,16-32-4)21(19)9-10-25(20,22)3;1-16-26-27-28-29(16)14-22(30)21-8-7-19-18-6-5-17-13-23(2,31)11-12-25(17,15-32-4)20(18)9-10-24(19,21)3/h13-14,19-23,31H,5-12,15-17H2,1-4H3;13-14,17,19-22,31H,4-12,15-16H2,1-3H3;14,18-22,31H,5-13,15-16H2,1-4H3;17-21,31H,5-15H2,1-4H3/t19-,20+,21+,22+,23-,25-,26+,27-;17-,19+,20+,21+,22-,24-,25+,26-;18-,19+,20+,21+,22-,24-,25+,26-;17-,18+,19+,20+,21-,23-,24+,25-/m1111/s1/i;;16D;15D/t;;16?,18-,19+,20+,21+,22-,24-,25+,26-;15?,17-,18+,19+,20+,21-,23-,24+,25-. The number of methoxy groups -OCH3 is 4. The van der Waals surface area contributed by atoms with Gasteiger partial charge in [-0.05, 0) is 428 Å². The van der Waals surface area contributed by atoms with Crippen LogP contribution in [0.25, 0.3) is 0 Å². The number of imidazole rings is 1. The highest BCUT2D eigenvalue weighted by molar-refractivity contribution is 5.84. The van der Waals surface area contributed by atoms with E-state index in [1.54, 1.807) is 36.1 Å². The van der Waals surface area contributed by atoms with Crippen LogP contribution in [0.3, 0.4) is 0 Å². The number of Topliss-reactive ketones (excluding diaryl/α,β-unsaturated/α-hetero) is 4. The van der Waals surface area contributed by atoms with E-state index in [-0.39, 0.29) is 110 Å². The molecule has 16 aliphatic carbocycles. The monoisotopic (exact) mass is 1810 g/mol. The normalized spacial score (nSPS) is 45.9. The summed E-state index contributed by atoms with van der Waals surface area (Å²) in [6.07, 6.45) is 44.8. The number of tetrazole rings is 1. The SMILES string of the molecule is COC[C@]12CC[C@@](C)(O)C[C@H]1CC[C@H]1[C@@H]3CC[C@H](C(=O)Cn4cc([N+](=O)[O-])cn4)[C@@]3(C)CC[C@@H]12.COC[C@]12CC[C@@](C)(O)C[C@H]1CC[C@H]1[C@@H]3CC[C@H](C(=O)Cn4ccnc4C)[C@@]3(C)CC[C@@H]12.[2H]C(OC)[C@]12CC[C@@](C)(O)C[C@H]1CC[C@H]1[C@@H]3CC[C@H](C(=O)Cn4ncc(C)n4)[C@@]3(C)CC[C@@H]12.[2H]C(OC)[C@]12CC[C@@](C)(O)C[C@H]1CC[C@H]1[C@@H]3CC[C@H](C(=O)Cn4nnnc4C)[C@@]3(C)CC[C@@H]12. The van der Waals surface area contributed by atoms with Crippen molar-refractivity contribution in [1.82, 2.24) is 54.5 Å². The van der Waals surface area contributed by atoms with Gasteiger partial charge < -0.3 is 43.9 Å². The average molecular weight is 1810 g/mol. The Morgan fingerprint density at radius 2 is 0.808 bits per heavy atom. The largest absolute Gasteiger partial charge is 0.390 e. The zero-order chi connectivity index (χ0) is 94.2. The number of aliphatic hydroxyl groups is 4. The zero-order valence-corrected chi connectivity index (χ0v) is 81.5. The fourth-order valence-corrected chi connectivity index (χ4v) is 35.9. The molecule has 34 atom stereocenters. The van der Waals surface area contributed by atoms with Gasteiger partial charge in [0.2, 0.25) is 0 Å². The molecular weight excluding hydrogens is 1640 g/mol. The van der Waals surface area contributed by atoms with Gasteiger partial charge in [-0.25, -0.2) is 9.67 Å². The van der Waals surface area contributed by atoms with Gasteiger partial charge in [0.25, 0.3) is 0 Å². The number of fused-ring (bicyclic) bond motifs is 20. The lowest BCUT2D eigenvalue weighted by atomic mass is 9.43. The number of aromatic nitrogens is 11. The number of aryl methyl sites for hydroxylation is 3. The van der Waals surface area contributed by atoms with Crippen molar-refractivity contribution < 1.29 is 66.2 Å². The van der Waals surface area contributed by atoms with Crippen molar-refractivity contribution in [3.63, 3.8) is 0 Å². The Bertz CT molecular complexity index is 4800. The molecule has 4 aromatic rings. The first-order valence-electron chi connectivity index (χ1n) is 52.3.